The number of benzene rings is 1. The molecule has 2 atom stereocenters. The number of rotatable bonds is 5. The van der Waals surface area contributed by atoms with Crippen LogP contribution in [0.5, 0.6) is 0 Å². The topological polar surface area (TPSA) is 49.4 Å². The third kappa shape index (κ3) is 4.31. The summed E-state index contributed by atoms with van der Waals surface area (Å²) in [6.45, 7) is 4.89. The van der Waals surface area contributed by atoms with Crippen molar-refractivity contribution in [1.82, 2.24) is 10.2 Å². The number of amides is 2. The second-order valence-electron chi connectivity index (χ2n) is 9.07. The lowest BCUT2D eigenvalue weighted by Gasteiger charge is -2.42. The average Bonchev–Trinajstić information content (AvgIpc) is 3.14. The van der Waals surface area contributed by atoms with Crippen molar-refractivity contribution in [3.8, 4) is 0 Å². The summed E-state index contributed by atoms with van der Waals surface area (Å²) < 4.78 is 0. The van der Waals surface area contributed by atoms with Gasteiger partial charge in [-0.15, -0.1) is 11.3 Å². The molecule has 0 unspecified atom stereocenters. The van der Waals surface area contributed by atoms with E-state index in [9.17, 15) is 9.59 Å². The summed E-state index contributed by atoms with van der Waals surface area (Å²) in [4.78, 5) is 30.2. The summed E-state index contributed by atoms with van der Waals surface area (Å²) in [5, 5.41) is 5.41. The van der Waals surface area contributed by atoms with Crippen LogP contribution >= 0.6 is 11.3 Å². The second kappa shape index (κ2) is 9.34. The molecule has 30 heavy (non-hydrogen) atoms. The minimum absolute atomic E-state index is 0.0382. The molecule has 0 spiro atoms. The number of thiophene rings is 1. The van der Waals surface area contributed by atoms with Crippen molar-refractivity contribution in [3.63, 3.8) is 0 Å². The fraction of sp³-hybridized carbons (Fsp3) is 0.520. The minimum atomic E-state index is -0.375. The second-order valence-corrected chi connectivity index (χ2v) is 10.1. The van der Waals surface area contributed by atoms with Crippen molar-refractivity contribution in [2.24, 2.45) is 5.92 Å². The summed E-state index contributed by atoms with van der Waals surface area (Å²) in [6.07, 6.45) is 6.98. The molecule has 1 fully saturated rings. The van der Waals surface area contributed by atoms with E-state index in [0.29, 0.717) is 18.0 Å². The van der Waals surface area contributed by atoms with Crippen LogP contribution in [0.15, 0.2) is 41.8 Å². The van der Waals surface area contributed by atoms with Crippen molar-refractivity contribution < 1.29 is 9.59 Å². The summed E-state index contributed by atoms with van der Waals surface area (Å²) in [5.74, 6) is 0.0528. The van der Waals surface area contributed by atoms with Crippen LogP contribution in [0.1, 0.15) is 85.1 Å². The molecule has 160 valence electrons. The molecule has 1 aromatic heterocycles. The predicted octanol–water partition coefficient (Wildman–Crippen LogP) is 5.52. The Bertz CT molecular complexity index is 869. The van der Waals surface area contributed by atoms with Gasteiger partial charge in [-0.1, -0.05) is 63.8 Å². The van der Waals surface area contributed by atoms with Crippen molar-refractivity contribution in [2.45, 2.75) is 70.4 Å². The lowest BCUT2D eigenvalue weighted by Crippen LogP contribution is -2.49. The number of hydrogen-bond donors (Lipinski definition) is 1. The van der Waals surface area contributed by atoms with Crippen LogP contribution in [0.4, 0.5) is 0 Å². The minimum Gasteiger partial charge on any atom is -0.353 e. The van der Waals surface area contributed by atoms with Crippen molar-refractivity contribution in [3.05, 3.63) is 57.8 Å². The van der Waals surface area contributed by atoms with E-state index in [0.717, 1.165) is 23.3 Å². The van der Waals surface area contributed by atoms with Crippen LogP contribution in [0.3, 0.4) is 0 Å². The van der Waals surface area contributed by atoms with E-state index in [1.54, 1.807) is 11.3 Å². The summed E-state index contributed by atoms with van der Waals surface area (Å²) in [7, 11) is 0. The highest BCUT2D eigenvalue weighted by Gasteiger charge is 2.44. The standard InChI is InChI=1S/C25H32N2O2S/c1-17(2)16-27-23(21-14-9-15-30-21)22(19-12-7-8-13-20(19)25(27)29)24(28)26-18-10-5-3-4-6-11-18/h7-9,12-15,17-18,22-23H,3-6,10-11,16H2,1-2H3,(H,26,28)/t22-,23-/m0/s1. The summed E-state index contributed by atoms with van der Waals surface area (Å²) in [6, 6.07) is 11.8. The van der Waals surface area contributed by atoms with Crippen LogP contribution in [0.2, 0.25) is 0 Å². The fourth-order valence-corrected chi connectivity index (χ4v) is 5.83. The molecule has 2 amide bonds. The molecule has 1 N–H and O–H groups in total. The van der Waals surface area contributed by atoms with Gasteiger partial charge in [0.05, 0.1) is 12.0 Å². The van der Waals surface area contributed by atoms with E-state index in [2.05, 4.69) is 25.2 Å². The van der Waals surface area contributed by atoms with Gasteiger partial charge >= 0.3 is 0 Å². The normalized spacial score (nSPS) is 22.6. The van der Waals surface area contributed by atoms with Crippen molar-refractivity contribution in [2.75, 3.05) is 6.54 Å². The molecule has 5 heteroatoms. The number of carbonyl (C=O) groups excluding carboxylic acids is 2. The number of nitrogens with one attached hydrogen (secondary N) is 1. The molecule has 0 saturated heterocycles. The largest absolute Gasteiger partial charge is 0.353 e. The first-order valence-corrected chi connectivity index (χ1v) is 12.2. The summed E-state index contributed by atoms with van der Waals surface area (Å²) in [5.41, 5.74) is 1.54. The van der Waals surface area contributed by atoms with Gasteiger partial charge in [-0.3, -0.25) is 9.59 Å². The third-order valence-corrected chi connectivity index (χ3v) is 7.26. The van der Waals surface area contributed by atoms with Crippen molar-refractivity contribution >= 4 is 23.2 Å². The highest BCUT2D eigenvalue weighted by atomic mass is 32.1. The van der Waals surface area contributed by atoms with Gasteiger partial charge in [-0.25, -0.2) is 0 Å². The molecular weight excluding hydrogens is 392 g/mol. The van der Waals surface area contributed by atoms with E-state index in [4.69, 9.17) is 0 Å². The molecule has 0 bridgehead atoms. The Morgan fingerprint density at radius 1 is 1.10 bits per heavy atom. The van der Waals surface area contributed by atoms with E-state index >= 15 is 0 Å². The molecule has 1 saturated carbocycles. The molecule has 0 radical (unpaired) electrons. The molecule has 1 aliphatic carbocycles. The molecule has 4 rings (SSSR count). The Balaban J connectivity index is 1.74. The van der Waals surface area contributed by atoms with Crippen LogP contribution in [0.25, 0.3) is 0 Å². The molecule has 2 aromatic rings. The van der Waals surface area contributed by atoms with Gasteiger partial charge in [-0.05, 0) is 41.8 Å². The number of fused-ring (bicyclic) bond motifs is 1. The average molecular weight is 425 g/mol. The fourth-order valence-electron chi connectivity index (χ4n) is 4.96. The van der Waals surface area contributed by atoms with Crippen molar-refractivity contribution in [1.29, 1.82) is 0 Å². The lowest BCUT2D eigenvalue weighted by molar-refractivity contribution is -0.125. The van der Waals surface area contributed by atoms with Gasteiger partial charge in [0.2, 0.25) is 5.91 Å². The first-order chi connectivity index (χ1) is 14.6. The van der Waals surface area contributed by atoms with E-state index in [1.165, 1.54) is 25.7 Å². The SMILES string of the molecule is CC(C)CN1C(=O)c2ccccc2[C@H](C(=O)NC2CCCCCC2)[C@@H]1c1cccs1. The quantitative estimate of drug-likeness (QED) is 0.642. The zero-order chi connectivity index (χ0) is 21.1. The lowest BCUT2D eigenvalue weighted by atomic mass is 9.81. The van der Waals surface area contributed by atoms with Gasteiger partial charge in [0.25, 0.3) is 5.91 Å². The Hall–Kier alpha value is -2.14. The molecule has 4 nitrogen and oxygen atoms in total. The maximum absolute atomic E-state index is 13.7. The van der Waals surface area contributed by atoms with Crippen LogP contribution < -0.4 is 5.32 Å². The van der Waals surface area contributed by atoms with E-state index < -0.39 is 0 Å². The monoisotopic (exact) mass is 424 g/mol. The van der Waals surface area contributed by atoms with E-state index in [1.807, 2.05) is 40.6 Å². The zero-order valence-corrected chi connectivity index (χ0v) is 18.8. The number of carbonyl (C=O) groups is 2. The van der Waals surface area contributed by atoms with Gasteiger partial charge < -0.3 is 10.2 Å². The van der Waals surface area contributed by atoms with Gasteiger partial charge in [0.1, 0.15) is 0 Å². The maximum atomic E-state index is 13.7. The van der Waals surface area contributed by atoms with Crippen LogP contribution in [0, 0.1) is 5.92 Å². The molecule has 1 aromatic carbocycles. The van der Waals surface area contributed by atoms with Gasteiger partial charge in [-0.2, -0.15) is 0 Å². The predicted molar refractivity (Wildman–Crippen MR) is 122 cm³/mol. The van der Waals surface area contributed by atoms with Crippen LogP contribution in [-0.4, -0.2) is 29.3 Å². The first-order valence-electron chi connectivity index (χ1n) is 11.3. The Labute approximate surface area is 183 Å². The van der Waals surface area contributed by atoms with Gasteiger partial charge in [0.15, 0.2) is 0 Å². The number of hydrogen-bond acceptors (Lipinski definition) is 3. The smallest absolute Gasteiger partial charge is 0.254 e. The zero-order valence-electron chi connectivity index (χ0n) is 18.0. The molecule has 1 aliphatic heterocycles. The van der Waals surface area contributed by atoms with Crippen LogP contribution in [-0.2, 0) is 4.79 Å². The highest BCUT2D eigenvalue weighted by Crippen LogP contribution is 2.44. The third-order valence-electron chi connectivity index (χ3n) is 6.32. The highest BCUT2D eigenvalue weighted by molar-refractivity contribution is 7.10. The van der Waals surface area contributed by atoms with E-state index in [-0.39, 0.29) is 29.8 Å². The Morgan fingerprint density at radius 2 is 1.83 bits per heavy atom. The molecular formula is C25H32N2O2S. The summed E-state index contributed by atoms with van der Waals surface area (Å²) >= 11 is 1.63. The maximum Gasteiger partial charge on any atom is 0.254 e. The Morgan fingerprint density at radius 3 is 2.50 bits per heavy atom. The first kappa shape index (κ1) is 21.1. The van der Waals surface area contributed by atoms with Gasteiger partial charge in [0, 0.05) is 23.0 Å². The molecule has 2 aliphatic rings. The molecule has 2 heterocycles. The number of nitrogens with zero attached hydrogens (tertiary/aromatic N) is 1. The Kier molecular flexibility index (Phi) is 6.57.